The van der Waals surface area contributed by atoms with Crippen LogP contribution in [0.3, 0.4) is 0 Å². The zero-order valence-electron chi connectivity index (χ0n) is 11.2. The maximum atomic E-state index is 11.2. The summed E-state index contributed by atoms with van der Waals surface area (Å²) in [5, 5.41) is 12.0. The molecule has 0 bridgehead atoms. The van der Waals surface area contributed by atoms with Gasteiger partial charge in [-0.3, -0.25) is 9.59 Å². The van der Waals surface area contributed by atoms with Crippen molar-refractivity contribution in [2.45, 2.75) is 19.3 Å². The summed E-state index contributed by atoms with van der Waals surface area (Å²) in [5.41, 5.74) is 0. The molecule has 0 radical (unpaired) electrons. The van der Waals surface area contributed by atoms with E-state index in [9.17, 15) is 9.59 Å². The fraction of sp³-hybridized carbons (Fsp3) is 0.846. The standard InChI is InChI=1S/C7H12N2O.C6H10N2O/c10-6-7(2-4-9-6)1-3-8-5-7;9-5-6(1-2-8-5)3-7-4-6/h8H,1-5H2,(H,9,10);7H,1-4H2,(H,8,9). The van der Waals surface area contributed by atoms with Crippen LogP contribution in [0.15, 0.2) is 0 Å². The van der Waals surface area contributed by atoms with Crippen molar-refractivity contribution in [3.8, 4) is 0 Å². The van der Waals surface area contributed by atoms with E-state index in [0.717, 1.165) is 58.5 Å². The first kappa shape index (κ1) is 12.9. The highest BCUT2D eigenvalue weighted by Crippen LogP contribution is 2.32. The molecule has 4 heterocycles. The van der Waals surface area contributed by atoms with Crippen LogP contribution in [0.25, 0.3) is 0 Å². The molecular weight excluding hydrogens is 244 g/mol. The molecule has 1 atom stereocenters. The lowest BCUT2D eigenvalue weighted by Gasteiger charge is -2.35. The number of rotatable bonds is 0. The zero-order valence-corrected chi connectivity index (χ0v) is 11.2. The highest BCUT2D eigenvalue weighted by atomic mass is 16.2. The van der Waals surface area contributed by atoms with E-state index in [-0.39, 0.29) is 22.6 Å². The average molecular weight is 266 g/mol. The Labute approximate surface area is 113 Å². The predicted octanol–water partition coefficient (Wildman–Crippen LogP) is -1.42. The molecule has 4 aliphatic rings. The van der Waals surface area contributed by atoms with Crippen molar-refractivity contribution in [1.29, 1.82) is 0 Å². The average Bonchev–Trinajstić information content (AvgIpc) is 3.03. The molecule has 106 valence electrons. The van der Waals surface area contributed by atoms with Gasteiger partial charge in [0.1, 0.15) is 0 Å². The van der Waals surface area contributed by atoms with E-state index in [1.165, 1.54) is 0 Å². The van der Waals surface area contributed by atoms with E-state index in [1.54, 1.807) is 0 Å². The molecule has 4 fully saturated rings. The molecule has 1 unspecified atom stereocenters. The normalized spacial score (nSPS) is 34.7. The Morgan fingerprint density at radius 1 is 0.684 bits per heavy atom. The molecule has 2 amide bonds. The molecule has 0 aromatic rings. The number of carbonyl (C=O) groups excluding carboxylic acids is 2. The number of amides is 2. The second-order valence-corrected chi connectivity index (χ2v) is 6.10. The summed E-state index contributed by atoms with van der Waals surface area (Å²) in [6.07, 6.45) is 3.08. The molecule has 6 nitrogen and oxygen atoms in total. The summed E-state index contributed by atoms with van der Waals surface area (Å²) in [6.45, 7) is 5.42. The second kappa shape index (κ2) is 4.76. The summed E-state index contributed by atoms with van der Waals surface area (Å²) < 4.78 is 0. The van der Waals surface area contributed by atoms with Gasteiger partial charge < -0.3 is 21.3 Å². The lowest BCUT2D eigenvalue weighted by atomic mass is 9.80. The van der Waals surface area contributed by atoms with Crippen molar-refractivity contribution < 1.29 is 9.59 Å². The van der Waals surface area contributed by atoms with Crippen LogP contribution in [0.5, 0.6) is 0 Å². The van der Waals surface area contributed by atoms with E-state index < -0.39 is 0 Å². The van der Waals surface area contributed by atoms with Crippen LogP contribution in [0.2, 0.25) is 0 Å². The molecule has 19 heavy (non-hydrogen) atoms. The number of carbonyl (C=O) groups is 2. The van der Waals surface area contributed by atoms with Crippen molar-refractivity contribution in [1.82, 2.24) is 21.3 Å². The van der Waals surface area contributed by atoms with Crippen LogP contribution in [0, 0.1) is 10.8 Å². The molecule has 4 saturated heterocycles. The third kappa shape index (κ3) is 2.12. The van der Waals surface area contributed by atoms with Crippen molar-refractivity contribution in [2.75, 3.05) is 39.3 Å². The Bertz CT molecular complexity index is 381. The first-order chi connectivity index (χ1) is 9.17. The van der Waals surface area contributed by atoms with Crippen molar-refractivity contribution in [3.05, 3.63) is 0 Å². The maximum absolute atomic E-state index is 11.2. The summed E-state index contributed by atoms with van der Waals surface area (Å²) >= 11 is 0. The largest absolute Gasteiger partial charge is 0.356 e. The van der Waals surface area contributed by atoms with E-state index in [1.807, 2.05) is 0 Å². The summed E-state index contributed by atoms with van der Waals surface area (Å²) in [5.74, 6) is 0.513. The molecule has 0 aromatic carbocycles. The highest BCUT2D eigenvalue weighted by molar-refractivity contribution is 5.86. The number of nitrogens with one attached hydrogen (secondary N) is 4. The van der Waals surface area contributed by atoms with E-state index in [2.05, 4.69) is 21.3 Å². The smallest absolute Gasteiger partial charge is 0.228 e. The summed E-state index contributed by atoms with van der Waals surface area (Å²) in [6, 6.07) is 0. The molecular formula is C13H22N4O2. The van der Waals surface area contributed by atoms with Crippen LogP contribution >= 0.6 is 0 Å². The second-order valence-electron chi connectivity index (χ2n) is 6.10. The van der Waals surface area contributed by atoms with E-state index >= 15 is 0 Å². The van der Waals surface area contributed by atoms with Crippen LogP contribution in [-0.4, -0.2) is 51.1 Å². The minimum absolute atomic E-state index is 0.0139. The van der Waals surface area contributed by atoms with E-state index in [0.29, 0.717) is 0 Å². The van der Waals surface area contributed by atoms with Crippen LogP contribution in [-0.2, 0) is 9.59 Å². The lowest BCUT2D eigenvalue weighted by Crippen LogP contribution is -2.57. The van der Waals surface area contributed by atoms with E-state index in [4.69, 9.17) is 0 Å². The first-order valence-electron chi connectivity index (χ1n) is 7.15. The SMILES string of the molecule is O=C1NCCC12CCNC2.O=C1NCCC12CNC2. The molecule has 4 N–H and O–H groups in total. The van der Waals surface area contributed by atoms with Crippen molar-refractivity contribution in [3.63, 3.8) is 0 Å². The van der Waals surface area contributed by atoms with Crippen LogP contribution in [0.1, 0.15) is 19.3 Å². The quantitative estimate of drug-likeness (QED) is 0.434. The Balaban J connectivity index is 0.000000117. The Kier molecular flexibility index (Phi) is 3.22. The topological polar surface area (TPSA) is 82.3 Å². The zero-order chi connectivity index (χ0) is 13.3. The van der Waals surface area contributed by atoms with Crippen molar-refractivity contribution in [2.24, 2.45) is 10.8 Å². The van der Waals surface area contributed by atoms with Gasteiger partial charge in [0.05, 0.1) is 10.8 Å². The third-order valence-corrected chi connectivity index (χ3v) is 4.91. The van der Waals surface area contributed by atoms with Gasteiger partial charge in [0.15, 0.2) is 0 Å². The highest BCUT2D eigenvalue weighted by Gasteiger charge is 2.47. The van der Waals surface area contributed by atoms with Crippen LogP contribution in [0.4, 0.5) is 0 Å². The Morgan fingerprint density at radius 2 is 1.21 bits per heavy atom. The predicted molar refractivity (Wildman–Crippen MR) is 70.5 cm³/mol. The van der Waals surface area contributed by atoms with Gasteiger partial charge in [-0.25, -0.2) is 0 Å². The first-order valence-corrected chi connectivity index (χ1v) is 7.15. The van der Waals surface area contributed by atoms with Gasteiger partial charge in [-0.15, -0.1) is 0 Å². The minimum Gasteiger partial charge on any atom is -0.356 e. The van der Waals surface area contributed by atoms with Gasteiger partial charge in [0.2, 0.25) is 11.8 Å². The monoisotopic (exact) mass is 266 g/mol. The summed E-state index contributed by atoms with van der Waals surface area (Å²) in [7, 11) is 0. The molecule has 0 aliphatic carbocycles. The molecule has 0 aromatic heterocycles. The molecule has 2 spiro atoms. The number of hydrogen-bond donors (Lipinski definition) is 4. The van der Waals surface area contributed by atoms with Gasteiger partial charge in [-0.2, -0.15) is 0 Å². The molecule has 6 heteroatoms. The summed E-state index contributed by atoms with van der Waals surface area (Å²) in [4.78, 5) is 22.3. The molecule has 0 saturated carbocycles. The fourth-order valence-corrected chi connectivity index (χ4v) is 3.35. The molecule has 4 rings (SSSR count). The third-order valence-electron chi connectivity index (χ3n) is 4.91. The minimum atomic E-state index is -0.0139. The van der Waals surface area contributed by atoms with Gasteiger partial charge in [-0.05, 0) is 25.8 Å². The van der Waals surface area contributed by atoms with Gasteiger partial charge >= 0.3 is 0 Å². The fourth-order valence-electron chi connectivity index (χ4n) is 3.35. The lowest BCUT2D eigenvalue weighted by molar-refractivity contribution is -0.130. The van der Waals surface area contributed by atoms with Gasteiger partial charge in [-0.1, -0.05) is 0 Å². The Hall–Kier alpha value is -1.14. The van der Waals surface area contributed by atoms with Crippen LogP contribution < -0.4 is 21.3 Å². The van der Waals surface area contributed by atoms with Gasteiger partial charge in [0, 0.05) is 32.7 Å². The Morgan fingerprint density at radius 3 is 1.53 bits per heavy atom. The molecule has 4 aliphatic heterocycles. The van der Waals surface area contributed by atoms with Crippen molar-refractivity contribution >= 4 is 11.8 Å². The number of hydrogen-bond acceptors (Lipinski definition) is 4. The maximum Gasteiger partial charge on any atom is 0.228 e. The van der Waals surface area contributed by atoms with Gasteiger partial charge in [0.25, 0.3) is 0 Å².